The predicted octanol–water partition coefficient (Wildman–Crippen LogP) is 1.34. The van der Waals surface area contributed by atoms with Crippen molar-refractivity contribution in [2.75, 3.05) is 20.2 Å². The summed E-state index contributed by atoms with van der Waals surface area (Å²) in [6.45, 7) is 1.68. The van der Waals surface area contributed by atoms with Gasteiger partial charge in [0.15, 0.2) is 0 Å². The Bertz CT molecular complexity index is 416. The van der Waals surface area contributed by atoms with E-state index < -0.39 is 4.92 Å². The lowest BCUT2D eigenvalue weighted by atomic mass is 10.2. The van der Waals surface area contributed by atoms with Crippen LogP contribution in [0, 0.1) is 10.1 Å². The first-order chi connectivity index (χ1) is 8.19. The van der Waals surface area contributed by atoms with Crippen molar-refractivity contribution in [3.63, 3.8) is 0 Å². The minimum atomic E-state index is -0.456. The van der Waals surface area contributed by atoms with Crippen molar-refractivity contribution in [2.24, 2.45) is 0 Å². The Kier molecular flexibility index (Phi) is 3.43. The average Bonchev–Trinajstić information content (AvgIpc) is 2.81. The standard InChI is InChI=1S/C11H14N2O4/c1-16-10-4-8(13(14)15)5-11(6-10)17-9-2-3-12-7-9/h4-6,9,12H,2-3,7H2,1H3. The second-order valence-electron chi connectivity index (χ2n) is 3.86. The van der Waals surface area contributed by atoms with E-state index in [1.807, 2.05) is 0 Å². The van der Waals surface area contributed by atoms with Gasteiger partial charge < -0.3 is 14.8 Å². The summed E-state index contributed by atoms with van der Waals surface area (Å²) in [5.41, 5.74) is -0.0229. The highest BCUT2D eigenvalue weighted by molar-refractivity contribution is 5.46. The van der Waals surface area contributed by atoms with Crippen LogP contribution in [0.4, 0.5) is 5.69 Å². The molecule has 0 radical (unpaired) electrons. The van der Waals surface area contributed by atoms with Gasteiger partial charge in [0.2, 0.25) is 0 Å². The molecule has 1 aromatic rings. The van der Waals surface area contributed by atoms with Crippen LogP contribution in [0.3, 0.4) is 0 Å². The molecular formula is C11H14N2O4. The molecule has 1 heterocycles. The quantitative estimate of drug-likeness (QED) is 0.633. The van der Waals surface area contributed by atoms with Gasteiger partial charge in [-0.3, -0.25) is 10.1 Å². The zero-order valence-corrected chi connectivity index (χ0v) is 9.51. The lowest BCUT2D eigenvalue weighted by Crippen LogP contribution is -2.19. The summed E-state index contributed by atoms with van der Waals surface area (Å²) >= 11 is 0. The van der Waals surface area contributed by atoms with Crippen LogP contribution in [0.25, 0.3) is 0 Å². The lowest BCUT2D eigenvalue weighted by Gasteiger charge is -2.13. The SMILES string of the molecule is COc1cc(OC2CCNC2)cc([N+](=O)[O-])c1. The van der Waals surface area contributed by atoms with Crippen LogP contribution in [0.1, 0.15) is 6.42 Å². The molecule has 0 spiro atoms. The molecule has 0 bridgehead atoms. The van der Waals surface area contributed by atoms with Gasteiger partial charge in [0, 0.05) is 12.6 Å². The molecule has 0 amide bonds. The first-order valence-corrected chi connectivity index (χ1v) is 5.40. The van der Waals surface area contributed by atoms with Gasteiger partial charge in [-0.05, 0) is 13.0 Å². The lowest BCUT2D eigenvalue weighted by molar-refractivity contribution is -0.385. The van der Waals surface area contributed by atoms with E-state index in [9.17, 15) is 10.1 Å². The van der Waals surface area contributed by atoms with E-state index in [1.54, 1.807) is 6.07 Å². The van der Waals surface area contributed by atoms with E-state index in [-0.39, 0.29) is 11.8 Å². The Hall–Kier alpha value is -1.82. The van der Waals surface area contributed by atoms with Gasteiger partial charge in [0.25, 0.3) is 5.69 Å². The molecule has 0 aromatic heterocycles. The maximum absolute atomic E-state index is 10.7. The molecule has 0 saturated carbocycles. The smallest absolute Gasteiger partial charge is 0.276 e. The second kappa shape index (κ2) is 5.01. The Morgan fingerprint density at radius 1 is 1.41 bits per heavy atom. The zero-order chi connectivity index (χ0) is 12.3. The fraction of sp³-hybridized carbons (Fsp3) is 0.455. The first-order valence-electron chi connectivity index (χ1n) is 5.40. The number of nitro groups is 1. The van der Waals surface area contributed by atoms with Crippen molar-refractivity contribution in [1.29, 1.82) is 0 Å². The largest absolute Gasteiger partial charge is 0.496 e. The normalized spacial score (nSPS) is 19.0. The van der Waals surface area contributed by atoms with E-state index in [0.717, 1.165) is 19.5 Å². The monoisotopic (exact) mass is 238 g/mol. The fourth-order valence-electron chi connectivity index (χ4n) is 1.77. The van der Waals surface area contributed by atoms with E-state index >= 15 is 0 Å². The molecule has 1 fully saturated rings. The maximum Gasteiger partial charge on any atom is 0.276 e. The summed E-state index contributed by atoms with van der Waals surface area (Å²) in [5, 5.41) is 13.9. The molecule has 2 rings (SSSR count). The molecule has 17 heavy (non-hydrogen) atoms. The van der Waals surface area contributed by atoms with E-state index in [1.165, 1.54) is 19.2 Å². The molecule has 1 N–H and O–H groups in total. The second-order valence-corrected chi connectivity index (χ2v) is 3.86. The first kappa shape index (κ1) is 11.7. The van der Waals surface area contributed by atoms with Gasteiger partial charge >= 0.3 is 0 Å². The number of benzene rings is 1. The number of ether oxygens (including phenoxy) is 2. The van der Waals surface area contributed by atoms with E-state index in [0.29, 0.717) is 11.5 Å². The van der Waals surface area contributed by atoms with Crippen LogP contribution in [0.2, 0.25) is 0 Å². The fourth-order valence-corrected chi connectivity index (χ4v) is 1.77. The molecule has 1 atom stereocenters. The van der Waals surface area contributed by atoms with Crippen LogP contribution >= 0.6 is 0 Å². The van der Waals surface area contributed by atoms with Crippen molar-refractivity contribution >= 4 is 5.69 Å². The van der Waals surface area contributed by atoms with Gasteiger partial charge in [-0.2, -0.15) is 0 Å². The Morgan fingerprint density at radius 3 is 2.76 bits per heavy atom. The Balaban J connectivity index is 2.19. The van der Waals surface area contributed by atoms with Crippen LogP contribution in [0.5, 0.6) is 11.5 Å². The number of methoxy groups -OCH3 is 1. The van der Waals surface area contributed by atoms with Gasteiger partial charge in [-0.25, -0.2) is 0 Å². The number of nitrogens with one attached hydrogen (secondary N) is 1. The summed E-state index contributed by atoms with van der Waals surface area (Å²) in [6, 6.07) is 4.45. The third-order valence-corrected chi connectivity index (χ3v) is 2.63. The van der Waals surface area contributed by atoms with Crippen LogP contribution in [0.15, 0.2) is 18.2 Å². The van der Waals surface area contributed by atoms with Crippen LogP contribution in [-0.4, -0.2) is 31.2 Å². The Labute approximate surface area is 98.7 Å². The van der Waals surface area contributed by atoms with Crippen molar-refractivity contribution in [2.45, 2.75) is 12.5 Å². The number of non-ortho nitro benzene ring substituents is 1. The summed E-state index contributed by atoms with van der Waals surface area (Å²) in [5.74, 6) is 0.907. The topological polar surface area (TPSA) is 73.6 Å². The number of rotatable bonds is 4. The number of nitrogens with zero attached hydrogens (tertiary/aromatic N) is 1. The molecule has 1 unspecified atom stereocenters. The maximum atomic E-state index is 10.7. The molecule has 1 aliphatic rings. The highest BCUT2D eigenvalue weighted by Crippen LogP contribution is 2.28. The summed E-state index contributed by atoms with van der Waals surface area (Å²) in [7, 11) is 1.47. The molecule has 6 heteroatoms. The van der Waals surface area contributed by atoms with E-state index in [4.69, 9.17) is 9.47 Å². The molecule has 1 saturated heterocycles. The third-order valence-electron chi connectivity index (χ3n) is 2.63. The van der Waals surface area contributed by atoms with Crippen molar-refractivity contribution in [3.05, 3.63) is 28.3 Å². The summed E-state index contributed by atoms with van der Waals surface area (Å²) in [6.07, 6.45) is 0.979. The summed E-state index contributed by atoms with van der Waals surface area (Å²) < 4.78 is 10.7. The van der Waals surface area contributed by atoms with Crippen LogP contribution < -0.4 is 14.8 Å². The van der Waals surface area contributed by atoms with E-state index in [2.05, 4.69) is 5.32 Å². The predicted molar refractivity (Wildman–Crippen MR) is 61.6 cm³/mol. The average molecular weight is 238 g/mol. The van der Waals surface area contributed by atoms with Crippen molar-refractivity contribution in [3.8, 4) is 11.5 Å². The molecule has 6 nitrogen and oxygen atoms in total. The minimum Gasteiger partial charge on any atom is -0.496 e. The zero-order valence-electron chi connectivity index (χ0n) is 9.51. The number of hydrogen-bond acceptors (Lipinski definition) is 5. The highest BCUT2D eigenvalue weighted by atomic mass is 16.6. The molecule has 0 aliphatic carbocycles. The van der Waals surface area contributed by atoms with Gasteiger partial charge in [0.1, 0.15) is 17.6 Å². The number of nitro benzene ring substituents is 1. The van der Waals surface area contributed by atoms with Gasteiger partial charge in [-0.1, -0.05) is 0 Å². The van der Waals surface area contributed by atoms with Gasteiger partial charge in [0.05, 0.1) is 24.2 Å². The summed E-state index contributed by atoms with van der Waals surface area (Å²) in [4.78, 5) is 10.3. The molecule has 1 aliphatic heterocycles. The van der Waals surface area contributed by atoms with Crippen molar-refractivity contribution in [1.82, 2.24) is 5.32 Å². The highest BCUT2D eigenvalue weighted by Gasteiger charge is 2.18. The van der Waals surface area contributed by atoms with Crippen LogP contribution in [-0.2, 0) is 0 Å². The molecule has 92 valence electrons. The third kappa shape index (κ3) is 2.85. The Morgan fingerprint density at radius 2 is 2.18 bits per heavy atom. The van der Waals surface area contributed by atoms with Gasteiger partial charge in [-0.15, -0.1) is 0 Å². The molecular weight excluding hydrogens is 224 g/mol. The number of hydrogen-bond donors (Lipinski definition) is 1. The molecule has 1 aromatic carbocycles. The van der Waals surface area contributed by atoms with Crippen molar-refractivity contribution < 1.29 is 14.4 Å². The minimum absolute atomic E-state index is 0.0229.